The lowest BCUT2D eigenvalue weighted by Gasteiger charge is -2.09. The van der Waals surface area contributed by atoms with Gasteiger partial charge in [-0.1, -0.05) is 17.3 Å². The standard InChI is InChI=1S/C13H9BrN4OS/c14-9-5-8-20-12(9)13(19)16-10-3-1-2-4-11(10)18-7-6-15-17-18/h1-8H,(H,16,19). The van der Waals surface area contributed by atoms with Crippen LogP contribution >= 0.6 is 27.3 Å². The maximum Gasteiger partial charge on any atom is 0.266 e. The van der Waals surface area contributed by atoms with E-state index in [1.165, 1.54) is 11.3 Å². The van der Waals surface area contributed by atoms with Crippen LogP contribution in [0.5, 0.6) is 0 Å². The minimum Gasteiger partial charge on any atom is -0.319 e. The number of nitrogens with zero attached hydrogens (tertiary/aromatic N) is 3. The molecule has 0 unspecified atom stereocenters. The molecule has 1 aromatic carbocycles. The summed E-state index contributed by atoms with van der Waals surface area (Å²) in [5, 5.41) is 12.5. The van der Waals surface area contributed by atoms with Gasteiger partial charge in [-0.15, -0.1) is 16.4 Å². The molecular weight excluding hydrogens is 340 g/mol. The number of carbonyl (C=O) groups is 1. The number of rotatable bonds is 3. The molecule has 0 bridgehead atoms. The van der Waals surface area contributed by atoms with Crippen molar-refractivity contribution in [2.75, 3.05) is 5.32 Å². The highest BCUT2D eigenvalue weighted by Gasteiger charge is 2.14. The van der Waals surface area contributed by atoms with E-state index in [1.807, 2.05) is 35.7 Å². The molecule has 0 saturated heterocycles. The molecule has 0 aliphatic carbocycles. The quantitative estimate of drug-likeness (QED) is 0.789. The van der Waals surface area contributed by atoms with Crippen LogP contribution in [-0.4, -0.2) is 20.9 Å². The van der Waals surface area contributed by atoms with Gasteiger partial charge in [0.15, 0.2) is 0 Å². The van der Waals surface area contributed by atoms with Gasteiger partial charge >= 0.3 is 0 Å². The van der Waals surface area contributed by atoms with Crippen LogP contribution in [0.3, 0.4) is 0 Å². The molecule has 0 atom stereocenters. The Morgan fingerprint density at radius 2 is 2.15 bits per heavy atom. The molecule has 1 N–H and O–H groups in total. The zero-order valence-electron chi connectivity index (χ0n) is 10.2. The number of aromatic nitrogens is 3. The Morgan fingerprint density at radius 3 is 2.85 bits per heavy atom. The Labute approximate surface area is 127 Å². The van der Waals surface area contributed by atoms with Crippen molar-refractivity contribution in [2.45, 2.75) is 0 Å². The molecule has 7 heteroatoms. The molecule has 5 nitrogen and oxygen atoms in total. The first-order valence-corrected chi connectivity index (χ1v) is 7.43. The van der Waals surface area contributed by atoms with E-state index in [-0.39, 0.29) is 5.91 Å². The second kappa shape index (κ2) is 5.56. The molecule has 100 valence electrons. The summed E-state index contributed by atoms with van der Waals surface area (Å²) in [7, 11) is 0. The molecule has 3 rings (SSSR count). The summed E-state index contributed by atoms with van der Waals surface area (Å²) in [6.45, 7) is 0. The third-order valence-corrected chi connectivity index (χ3v) is 4.48. The summed E-state index contributed by atoms with van der Waals surface area (Å²) in [5.74, 6) is -0.153. The lowest BCUT2D eigenvalue weighted by atomic mass is 10.2. The van der Waals surface area contributed by atoms with Gasteiger partial charge in [0.25, 0.3) is 5.91 Å². The number of anilines is 1. The predicted octanol–water partition coefficient (Wildman–Crippen LogP) is 3.34. The Kier molecular flexibility index (Phi) is 3.62. The molecule has 2 heterocycles. The molecule has 20 heavy (non-hydrogen) atoms. The minimum absolute atomic E-state index is 0.153. The Balaban J connectivity index is 1.92. The van der Waals surface area contributed by atoms with Gasteiger partial charge in [0.1, 0.15) is 4.88 Å². The monoisotopic (exact) mass is 348 g/mol. The van der Waals surface area contributed by atoms with Crippen LogP contribution in [-0.2, 0) is 0 Å². The van der Waals surface area contributed by atoms with Crippen LogP contribution in [0.1, 0.15) is 9.67 Å². The lowest BCUT2D eigenvalue weighted by Crippen LogP contribution is -2.13. The maximum atomic E-state index is 12.2. The number of halogens is 1. The number of nitrogens with one attached hydrogen (secondary N) is 1. The number of carbonyl (C=O) groups excluding carboxylic acids is 1. The van der Waals surface area contributed by atoms with Crippen LogP contribution in [0.15, 0.2) is 52.6 Å². The van der Waals surface area contributed by atoms with E-state index >= 15 is 0 Å². The van der Waals surface area contributed by atoms with Crippen molar-refractivity contribution >= 4 is 38.9 Å². The minimum atomic E-state index is -0.153. The van der Waals surface area contributed by atoms with Gasteiger partial charge in [0.2, 0.25) is 0 Å². The van der Waals surface area contributed by atoms with Crippen LogP contribution < -0.4 is 5.32 Å². The van der Waals surface area contributed by atoms with Crippen molar-refractivity contribution in [3.8, 4) is 5.69 Å². The number of amides is 1. The van der Waals surface area contributed by atoms with Crippen LogP contribution in [0, 0.1) is 0 Å². The van der Waals surface area contributed by atoms with E-state index in [1.54, 1.807) is 17.1 Å². The fraction of sp³-hybridized carbons (Fsp3) is 0. The highest BCUT2D eigenvalue weighted by Crippen LogP contribution is 2.25. The Hall–Kier alpha value is -1.99. The van der Waals surface area contributed by atoms with E-state index in [9.17, 15) is 4.79 Å². The van der Waals surface area contributed by atoms with Crippen molar-refractivity contribution < 1.29 is 4.79 Å². The average molecular weight is 349 g/mol. The van der Waals surface area contributed by atoms with Gasteiger partial charge in [-0.05, 0) is 39.5 Å². The van der Waals surface area contributed by atoms with Crippen molar-refractivity contribution in [1.29, 1.82) is 0 Å². The fourth-order valence-corrected chi connectivity index (χ4v) is 3.20. The van der Waals surface area contributed by atoms with Gasteiger partial charge in [0, 0.05) is 4.47 Å². The first-order valence-electron chi connectivity index (χ1n) is 5.76. The second-order valence-corrected chi connectivity index (χ2v) is 5.69. The van der Waals surface area contributed by atoms with Crippen molar-refractivity contribution in [3.63, 3.8) is 0 Å². The van der Waals surface area contributed by atoms with Gasteiger partial charge in [-0.3, -0.25) is 4.79 Å². The van der Waals surface area contributed by atoms with Gasteiger partial charge < -0.3 is 5.32 Å². The summed E-state index contributed by atoms with van der Waals surface area (Å²) >= 11 is 4.75. The molecule has 0 fully saturated rings. The average Bonchev–Trinajstić information content (AvgIpc) is 3.10. The summed E-state index contributed by atoms with van der Waals surface area (Å²) < 4.78 is 2.40. The first-order chi connectivity index (χ1) is 9.75. The van der Waals surface area contributed by atoms with Gasteiger partial charge in [-0.25, -0.2) is 4.68 Å². The Bertz CT molecular complexity index is 738. The van der Waals surface area contributed by atoms with Crippen LogP contribution in [0.2, 0.25) is 0 Å². The summed E-state index contributed by atoms with van der Waals surface area (Å²) in [6.07, 6.45) is 3.32. The lowest BCUT2D eigenvalue weighted by molar-refractivity contribution is 0.103. The molecule has 0 spiro atoms. The highest BCUT2D eigenvalue weighted by molar-refractivity contribution is 9.10. The molecular formula is C13H9BrN4OS. The van der Waals surface area contributed by atoms with E-state index in [4.69, 9.17) is 0 Å². The van der Waals surface area contributed by atoms with E-state index in [0.717, 1.165) is 10.2 Å². The van der Waals surface area contributed by atoms with E-state index < -0.39 is 0 Å². The van der Waals surface area contributed by atoms with Crippen molar-refractivity contribution in [3.05, 3.63) is 57.5 Å². The zero-order chi connectivity index (χ0) is 13.9. The second-order valence-electron chi connectivity index (χ2n) is 3.92. The van der Waals surface area contributed by atoms with Gasteiger partial charge in [0.05, 0.1) is 23.8 Å². The third-order valence-electron chi connectivity index (χ3n) is 2.65. The SMILES string of the molecule is O=C(Nc1ccccc1-n1ccnn1)c1sccc1Br. The smallest absolute Gasteiger partial charge is 0.266 e. The molecule has 3 aromatic rings. The molecule has 2 aromatic heterocycles. The van der Waals surface area contributed by atoms with Crippen LogP contribution in [0.25, 0.3) is 5.69 Å². The van der Waals surface area contributed by atoms with Gasteiger partial charge in [-0.2, -0.15) is 0 Å². The van der Waals surface area contributed by atoms with Crippen molar-refractivity contribution in [2.24, 2.45) is 0 Å². The summed E-state index contributed by atoms with van der Waals surface area (Å²) in [6, 6.07) is 9.29. The van der Waals surface area contributed by atoms with E-state index in [0.29, 0.717) is 10.6 Å². The molecule has 0 saturated carbocycles. The first kappa shape index (κ1) is 13.0. The largest absolute Gasteiger partial charge is 0.319 e. The number of hydrogen-bond donors (Lipinski definition) is 1. The van der Waals surface area contributed by atoms with E-state index in [2.05, 4.69) is 31.6 Å². The zero-order valence-corrected chi connectivity index (χ0v) is 12.6. The molecule has 0 radical (unpaired) electrons. The topological polar surface area (TPSA) is 59.8 Å². The summed E-state index contributed by atoms with van der Waals surface area (Å²) in [5.41, 5.74) is 1.45. The number of benzene rings is 1. The molecule has 0 aliphatic heterocycles. The third kappa shape index (κ3) is 2.50. The molecule has 1 amide bonds. The predicted molar refractivity (Wildman–Crippen MR) is 81.3 cm³/mol. The van der Waals surface area contributed by atoms with Crippen LogP contribution in [0.4, 0.5) is 5.69 Å². The normalized spacial score (nSPS) is 10.4. The maximum absolute atomic E-state index is 12.2. The van der Waals surface area contributed by atoms with Crippen molar-refractivity contribution in [1.82, 2.24) is 15.0 Å². The number of hydrogen-bond acceptors (Lipinski definition) is 4. The highest BCUT2D eigenvalue weighted by atomic mass is 79.9. The number of para-hydroxylation sites is 2. The molecule has 0 aliphatic rings. The fourth-order valence-electron chi connectivity index (χ4n) is 1.75. The summed E-state index contributed by atoms with van der Waals surface area (Å²) in [4.78, 5) is 12.9. The Morgan fingerprint density at radius 1 is 1.30 bits per heavy atom. The number of thiophene rings is 1.